The van der Waals surface area contributed by atoms with Gasteiger partial charge in [0.15, 0.2) is 0 Å². The molecule has 24 heavy (non-hydrogen) atoms. The van der Waals surface area contributed by atoms with Crippen molar-refractivity contribution >= 4 is 17.3 Å². The Morgan fingerprint density at radius 1 is 1.33 bits per heavy atom. The fourth-order valence-electron chi connectivity index (χ4n) is 2.32. The summed E-state index contributed by atoms with van der Waals surface area (Å²) in [5.41, 5.74) is 0.871. The fourth-order valence-corrected chi connectivity index (χ4v) is 3.14. The highest BCUT2D eigenvalue weighted by atomic mass is 32.1. The number of likely N-dealkylation sites (N-methyl/N-ethyl adjacent to an activating group) is 1. The Balaban J connectivity index is 2.22. The van der Waals surface area contributed by atoms with Crippen LogP contribution >= 0.6 is 11.3 Å². The first-order valence-electron chi connectivity index (χ1n) is 7.72. The summed E-state index contributed by atoms with van der Waals surface area (Å²) < 4.78 is 11.1. The van der Waals surface area contributed by atoms with Crippen molar-refractivity contribution in [3.05, 3.63) is 46.2 Å². The number of aliphatic carboxylic acids is 1. The molecule has 1 atom stereocenters. The third kappa shape index (κ3) is 4.97. The average Bonchev–Trinajstić information content (AvgIpc) is 3.06. The molecule has 6 heteroatoms. The molecule has 0 spiro atoms. The summed E-state index contributed by atoms with van der Waals surface area (Å²) in [5.74, 6) is -0.0253. The molecule has 2 rings (SSSR count). The maximum absolute atomic E-state index is 11.7. The lowest BCUT2D eigenvalue weighted by molar-refractivity contribution is -0.138. The van der Waals surface area contributed by atoms with Crippen LogP contribution in [0.25, 0.3) is 0 Å². The number of hydrogen-bond acceptors (Lipinski definition) is 5. The average molecular weight is 349 g/mol. The van der Waals surface area contributed by atoms with E-state index in [4.69, 9.17) is 9.47 Å². The van der Waals surface area contributed by atoms with E-state index in [0.717, 1.165) is 17.0 Å². The molecule has 0 bridgehead atoms. The summed E-state index contributed by atoms with van der Waals surface area (Å²) in [4.78, 5) is 14.6. The molecule has 0 amide bonds. The van der Waals surface area contributed by atoms with E-state index >= 15 is 0 Å². The topological polar surface area (TPSA) is 59.0 Å². The quantitative estimate of drug-likeness (QED) is 0.754. The SMILES string of the molecule is COc1ccc(CC(C(=O)O)c2cccs2)c(OCCN(C)C)c1. The summed E-state index contributed by atoms with van der Waals surface area (Å²) in [5, 5.41) is 11.5. The second-order valence-electron chi connectivity index (χ2n) is 5.74. The van der Waals surface area contributed by atoms with Gasteiger partial charge in [0.05, 0.1) is 13.0 Å². The largest absolute Gasteiger partial charge is 0.497 e. The van der Waals surface area contributed by atoms with E-state index in [1.807, 2.05) is 54.7 Å². The highest BCUT2D eigenvalue weighted by Gasteiger charge is 2.23. The summed E-state index contributed by atoms with van der Waals surface area (Å²) in [6.45, 7) is 1.31. The second-order valence-corrected chi connectivity index (χ2v) is 6.72. The minimum Gasteiger partial charge on any atom is -0.497 e. The predicted molar refractivity (Wildman–Crippen MR) is 95.4 cm³/mol. The smallest absolute Gasteiger partial charge is 0.312 e. The van der Waals surface area contributed by atoms with E-state index in [1.165, 1.54) is 11.3 Å². The van der Waals surface area contributed by atoms with Crippen LogP contribution in [0.4, 0.5) is 0 Å². The minimum atomic E-state index is -0.826. The van der Waals surface area contributed by atoms with Crippen LogP contribution in [0.15, 0.2) is 35.7 Å². The number of thiophene rings is 1. The van der Waals surface area contributed by atoms with Crippen LogP contribution in [0.1, 0.15) is 16.4 Å². The van der Waals surface area contributed by atoms with Crippen molar-refractivity contribution in [1.82, 2.24) is 4.90 Å². The van der Waals surface area contributed by atoms with Crippen molar-refractivity contribution in [3.63, 3.8) is 0 Å². The molecule has 130 valence electrons. The number of nitrogens with zero attached hydrogens (tertiary/aromatic N) is 1. The van der Waals surface area contributed by atoms with Gasteiger partial charge in [-0.15, -0.1) is 11.3 Å². The van der Waals surface area contributed by atoms with E-state index in [9.17, 15) is 9.90 Å². The van der Waals surface area contributed by atoms with Gasteiger partial charge >= 0.3 is 5.97 Å². The molecule has 0 aliphatic rings. The van der Waals surface area contributed by atoms with Crippen LogP contribution in [0, 0.1) is 0 Å². The highest BCUT2D eigenvalue weighted by molar-refractivity contribution is 7.10. The first-order valence-corrected chi connectivity index (χ1v) is 8.60. The van der Waals surface area contributed by atoms with Crippen LogP contribution in [0.5, 0.6) is 11.5 Å². The Morgan fingerprint density at radius 3 is 2.71 bits per heavy atom. The van der Waals surface area contributed by atoms with Gasteiger partial charge in [0.1, 0.15) is 18.1 Å². The van der Waals surface area contributed by atoms with Crippen molar-refractivity contribution < 1.29 is 19.4 Å². The zero-order chi connectivity index (χ0) is 17.5. The Hall–Kier alpha value is -2.05. The normalized spacial score (nSPS) is 12.2. The maximum atomic E-state index is 11.7. The molecule has 0 saturated carbocycles. The fraction of sp³-hybridized carbons (Fsp3) is 0.389. The minimum absolute atomic E-state index is 0.386. The van der Waals surface area contributed by atoms with Crippen molar-refractivity contribution in [2.24, 2.45) is 0 Å². The molecule has 0 aliphatic carbocycles. The molecule has 1 heterocycles. The zero-order valence-corrected chi connectivity index (χ0v) is 15.0. The molecule has 1 N–H and O–H groups in total. The molecule has 0 fully saturated rings. The lowest BCUT2D eigenvalue weighted by Crippen LogP contribution is -2.20. The summed E-state index contributed by atoms with van der Waals surface area (Å²) >= 11 is 1.46. The lowest BCUT2D eigenvalue weighted by atomic mass is 9.97. The van der Waals surface area contributed by atoms with Crippen molar-refractivity contribution in [2.75, 3.05) is 34.4 Å². The number of carbonyl (C=O) groups is 1. The van der Waals surface area contributed by atoms with Crippen LogP contribution in [-0.2, 0) is 11.2 Å². The van der Waals surface area contributed by atoms with Gasteiger partial charge in [-0.3, -0.25) is 4.79 Å². The van der Waals surface area contributed by atoms with Gasteiger partial charge in [0, 0.05) is 17.5 Å². The van der Waals surface area contributed by atoms with Gasteiger partial charge in [-0.25, -0.2) is 0 Å². The molecule has 1 aromatic carbocycles. The van der Waals surface area contributed by atoms with E-state index in [2.05, 4.69) is 0 Å². The summed E-state index contributed by atoms with van der Waals surface area (Å²) in [7, 11) is 5.56. The Bertz CT molecular complexity index is 655. The molecule has 0 radical (unpaired) electrons. The summed E-state index contributed by atoms with van der Waals surface area (Å²) in [6, 6.07) is 9.27. The van der Waals surface area contributed by atoms with Gasteiger partial charge in [-0.2, -0.15) is 0 Å². The van der Waals surface area contributed by atoms with Gasteiger partial charge < -0.3 is 19.5 Å². The number of ether oxygens (including phenoxy) is 2. The van der Waals surface area contributed by atoms with E-state index in [0.29, 0.717) is 24.5 Å². The molecule has 0 saturated heterocycles. The van der Waals surface area contributed by atoms with Crippen molar-refractivity contribution in [2.45, 2.75) is 12.3 Å². The third-order valence-corrected chi connectivity index (χ3v) is 4.67. The zero-order valence-electron chi connectivity index (χ0n) is 14.2. The highest BCUT2D eigenvalue weighted by Crippen LogP contribution is 2.31. The van der Waals surface area contributed by atoms with E-state index in [1.54, 1.807) is 7.11 Å². The first-order chi connectivity index (χ1) is 11.5. The predicted octanol–water partition coefficient (Wildman–Crippen LogP) is 3.11. The van der Waals surface area contributed by atoms with Gasteiger partial charge in [-0.1, -0.05) is 12.1 Å². The number of benzene rings is 1. The lowest BCUT2D eigenvalue weighted by Gasteiger charge is -2.17. The van der Waals surface area contributed by atoms with Crippen LogP contribution < -0.4 is 9.47 Å². The Kier molecular flexibility index (Phi) is 6.63. The number of carboxylic acid groups (broad SMARTS) is 1. The van der Waals surface area contributed by atoms with Gasteiger partial charge in [0.2, 0.25) is 0 Å². The van der Waals surface area contributed by atoms with Crippen molar-refractivity contribution in [1.29, 1.82) is 0 Å². The molecular weight excluding hydrogens is 326 g/mol. The molecule has 0 aliphatic heterocycles. The van der Waals surface area contributed by atoms with Crippen LogP contribution in [0.2, 0.25) is 0 Å². The number of hydrogen-bond donors (Lipinski definition) is 1. The Morgan fingerprint density at radius 2 is 2.12 bits per heavy atom. The van der Waals surface area contributed by atoms with Crippen molar-refractivity contribution in [3.8, 4) is 11.5 Å². The molecule has 1 aromatic heterocycles. The van der Waals surface area contributed by atoms with Gasteiger partial charge in [-0.05, 0) is 43.6 Å². The Labute approximate surface area is 146 Å². The molecular formula is C18H23NO4S. The van der Waals surface area contributed by atoms with Crippen LogP contribution in [-0.4, -0.2) is 50.3 Å². The monoisotopic (exact) mass is 349 g/mol. The number of carboxylic acids is 1. The van der Waals surface area contributed by atoms with E-state index in [-0.39, 0.29) is 0 Å². The van der Waals surface area contributed by atoms with Gasteiger partial charge in [0.25, 0.3) is 0 Å². The summed E-state index contributed by atoms with van der Waals surface area (Å²) in [6.07, 6.45) is 0.386. The first kappa shape index (κ1) is 18.3. The standard InChI is InChI=1S/C18H23NO4S/c1-19(2)8-9-23-16-12-14(22-3)7-6-13(16)11-15(18(20)21)17-5-4-10-24-17/h4-7,10,12,15H,8-9,11H2,1-3H3,(H,20,21). The molecule has 1 unspecified atom stereocenters. The molecule has 2 aromatic rings. The number of methoxy groups -OCH3 is 1. The van der Waals surface area contributed by atoms with Crippen LogP contribution in [0.3, 0.4) is 0 Å². The third-order valence-electron chi connectivity index (χ3n) is 3.68. The maximum Gasteiger partial charge on any atom is 0.312 e. The molecule has 5 nitrogen and oxygen atoms in total. The number of rotatable bonds is 9. The second kappa shape index (κ2) is 8.70. The van der Waals surface area contributed by atoms with E-state index < -0.39 is 11.9 Å².